The second-order valence-corrected chi connectivity index (χ2v) is 8.82. The first-order chi connectivity index (χ1) is 14.4. The second-order valence-electron chi connectivity index (χ2n) is 7.74. The molecule has 0 bridgehead atoms. The van der Waals surface area contributed by atoms with Crippen LogP contribution in [0.15, 0.2) is 71.6 Å². The molecule has 1 aliphatic heterocycles. The summed E-state index contributed by atoms with van der Waals surface area (Å²) in [6.07, 6.45) is 0. The van der Waals surface area contributed by atoms with Gasteiger partial charge < -0.3 is 14.5 Å². The maximum Gasteiger partial charge on any atom is 0.191 e. The summed E-state index contributed by atoms with van der Waals surface area (Å²) in [5, 5.41) is 0. The Morgan fingerprint density at radius 1 is 0.800 bits per heavy atom. The first-order valence-electron chi connectivity index (χ1n) is 9.72. The van der Waals surface area contributed by atoms with Gasteiger partial charge in [-0.1, -0.05) is 30.3 Å². The summed E-state index contributed by atoms with van der Waals surface area (Å²) in [5.41, 5.74) is 3.96. The lowest BCUT2D eigenvalue weighted by Crippen LogP contribution is -2.29. The van der Waals surface area contributed by atoms with Crippen LogP contribution in [0.3, 0.4) is 0 Å². The molecule has 6 heteroatoms. The van der Waals surface area contributed by atoms with Crippen molar-refractivity contribution in [2.45, 2.75) is 10.5 Å². The van der Waals surface area contributed by atoms with E-state index in [1.807, 2.05) is 64.6 Å². The molecule has 156 valence electrons. The minimum absolute atomic E-state index is 0.641. The third-order valence-electron chi connectivity index (χ3n) is 5.53. The van der Waals surface area contributed by atoms with E-state index in [1.165, 1.54) is 0 Å². The number of hydrogen-bond donors (Lipinski definition) is 0. The van der Waals surface area contributed by atoms with E-state index in [0.29, 0.717) is 10.6 Å². The smallest absolute Gasteiger partial charge is 0.191 e. The Labute approximate surface area is 180 Å². The Kier molecular flexibility index (Phi) is 5.30. The lowest BCUT2D eigenvalue weighted by molar-refractivity contribution is 0.193. The molecular formula is C24H26N2O3S. The van der Waals surface area contributed by atoms with Crippen LogP contribution in [0.5, 0.6) is 5.75 Å². The second kappa shape index (κ2) is 7.78. The number of methoxy groups -OCH3 is 1. The first kappa shape index (κ1) is 20.4. The molecule has 1 atom stereocenters. The normalized spacial score (nSPS) is 16.8. The van der Waals surface area contributed by atoms with Crippen LogP contribution in [0.4, 0.5) is 11.4 Å². The molecule has 0 aliphatic carbocycles. The van der Waals surface area contributed by atoms with E-state index in [9.17, 15) is 4.21 Å². The fourth-order valence-electron chi connectivity index (χ4n) is 3.82. The van der Waals surface area contributed by atoms with Gasteiger partial charge in [0.15, 0.2) is 16.7 Å². The van der Waals surface area contributed by atoms with Gasteiger partial charge in [0.2, 0.25) is 0 Å². The zero-order chi connectivity index (χ0) is 21.5. The van der Waals surface area contributed by atoms with Crippen LogP contribution >= 0.6 is 0 Å². The molecule has 1 unspecified atom stereocenters. The van der Waals surface area contributed by atoms with E-state index < -0.39 is 16.7 Å². The van der Waals surface area contributed by atoms with Gasteiger partial charge in [-0.2, -0.15) is 0 Å². The zero-order valence-corrected chi connectivity index (χ0v) is 18.7. The predicted octanol–water partition coefficient (Wildman–Crippen LogP) is 4.17. The summed E-state index contributed by atoms with van der Waals surface area (Å²) >= 11 is -1.61. The van der Waals surface area contributed by atoms with Crippen molar-refractivity contribution in [3.05, 3.63) is 83.4 Å². The molecule has 3 aromatic carbocycles. The molecule has 4 rings (SSSR count). The van der Waals surface area contributed by atoms with Crippen LogP contribution < -0.4 is 14.5 Å². The van der Waals surface area contributed by atoms with E-state index >= 15 is 0 Å². The van der Waals surface area contributed by atoms with Crippen LogP contribution in [0, 0.1) is 0 Å². The number of ether oxygens (including phenoxy) is 1. The number of benzene rings is 3. The van der Waals surface area contributed by atoms with Gasteiger partial charge >= 0.3 is 0 Å². The van der Waals surface area contributed by atoms with Gasteiger partial charge in [0, 0.05) is 45.1 Å². The van der Waals surface area contributed by atoms with Crippen molar-refractivity contribution in [2.75, 3.05) is 45.1 Å². The van der Waals surface area contributed by atoms with Gasteiger partial charge in [-0.25, -0.2) is 4.21 Å². The maximum atomic E-state index is 13.1. The molecule has 0 radical (unpaired) electrons. The predicted molar refractivity (Wildman–Crippen MR) is 122 cm³/mol. The third-order valence-corrected chi connectivity index (χ3v) is 6.63. The molecule has 3 aromatic rings. The zero-order valence-electron chi connectivity index (χ0n) is 17.9. The van der Waals surface area contributed by atoms with E-state index in [0.717, 1.165) is 28.1 Å². The number of nitrogens with zero attached hydrogens (tertiary/aromatic N) is 2. The largest absolute Gasteiger partial charge is 0.497 e. The minimum Gasteiger partial charge on any atom is -0.497 e. The summed E-state index contributed by atoms with van der Waals surface area (Å²) in [4.78, 5) is 4.74. The van der Waals surface area contributed by atoms with Crippen LogP contribution in [0.25, 0.3) is 0 Å². The fourth-order valence-corrected chi connectivity index (χ4v) is 5.03. The average molecular weight is 423 g/mol. The van der Waals surface area contributed by atoms with Crippen LogP contribution in [0.1, 0.15) is 16.7 Å². The molecule has 0 aromatic heterocycles. The highest BCUT2D eigenvalue weighted by Crippen LogP contribution is 2.50. The van der Waals surface area contributed by atoms with Crippen molar-refractivity contribution in [3.63, 3.8) is 0 Å². The highest BCUT2D eigenvalue weighted by Gasteiger charge is 2.48. The molecule has 1 aliphatic rings. The quantitative estimate of drug-likeness (QED) is 0.617. The standard InChI is InChI=1S/C24H26N2O3S/c1-25(2)19-10-6-17(7-11-19)24(18-8-12-20(13-9-18)26(3)4)22-15-14-21(28-5)16-23(22)30(27)29-24/h6-16H,1-5H3. The summed E-state index contributed by atoms with van der Waals surface area (Å²) in [6, 6.07) is 22.1. The van der Waals surface area contributed by atoms with Gasteiger partial charge in [-0.05, 0) is 47.5 Å². The molecule has 0 fully saturated rings. The van der Waals surface area contributed by atoms with E-state index in [1.54, 1.807) is 13.2 Å². The number of anilines is 2. The Bertz CT molecular complexity index is 1030. The average Bonchev–Trinajstić information content (AvgIpc) is 3.06. The van der Waals surface area contributed by atoms with E-state index in [-0.39, 0.29) is 0 Å². The molecule has 0 spiro atoms. The summed E-state index contributed by atoms with van der Waals surface area (Å²) in [6.45, 7) is 0. The van der Waals surface area contributed by atoms with Crippen molar-refractivity contribution >= 4 is 22.5 Å². The van der Waals surface area contributed by atoms with Crippen LogP contribution in [-0.4, -0.2) is 39.5 Å². The Morgan fingerprint density at radius 3 is 1.73 bits per heavy atom. The van der Waals surface area contributed by atoms with Crippen molar-refractivity contribution in [2.24, 2.45) is 0 Å². The molecular weight excluding hydrogens is 396 g/mol. The van der Waals surface area contributed by atoms with E-state index in [4.69, 9.17) is 8.92 Å². The highest BCUT2D eigenvalue weighted by molar-refractivity contribution is 7.80. The van der Waals surface area contributed by atoms with Crippen molar-refractivity contribution in [1.29, 1.82) is 0 Å². The monoisotopic (exact) mass is 422 g/mol. The van der Waals surface area contributed by atoms with Crippen LogP contribution in [-0.2, 0) is 20.9 Å². The third kappa shape index (κ3) is 3.26. The fraction of sp³-hybridized carbons (Fsp3) is 0.250. The maximum absolute atomic E-state index is 13.1. The Hall–Kier alpha value is -2.83. The molecule has 1 heterocycles. The van der Waals surface area contributed by atoms with Gasteiger partial charge in [-0.3, -0.25) is 4.18 Å². The molecule has 0 N–H and O–H groups in total. The SMILES string of the molecule is COc1ccc2c(c1)S(=O)OC2(c1ccc(N(C)C)cc1)c1ccc(N(C)C)cc1. The molecule has 0 saturated heterocycles. The number of fused-ring (bicyclic) bond motifs is 1. The van der Waals surface area contributed by atoms with Gasteiger partial charge in [-0.15, -0.1) is 0 Å². The summed E-state index contributed by atoms with van der Waals surface area (Å²) in [7, 11) is 9.63. The molecule has 30 heavy (non-hydrogen) atoms. The lowest BCUT2D eigenvalue weighted by atomic mass is 9.80. The van der Waals surface area contributed by atoms with Gasteiger partial charge in [0.25, 0.3) is 0 Å². The minimum atomic E-state index is -1.61. The highest BCUT2D eigenvalue weighted by atomic mass is 32.2. The summed E-state index contributed by atoms with van der Waals surface area (Å²) < 4.78 is 24.7. The summed E-state index contributed by atoms with van der Waals surface area (Å²) in [5.74, 6) is 0.660. The molecule has 5 nitrogen and oxygen atoms in total. The van der Waals surface area contributed by atoms with Gasteiger partial charge in [0.1, 0.15) is 5.75 Å². The Morgan fingerprint density at radius 2 is 1.30 bits per heavy atom. The molecule has 0 amide bonds. The van der Waals surface area contributed by atoms with Crippen LogP contribution in [0.2, 0.25) is 0 Å². The number of rotatable bonds is 5. The Balaban J connectivity index is 1.94. The molecule has 0 saturated carbocycles. The van der Waals surface area contributed by atoms with Gasteiger partial charge in [0.05, 0.1) is 12.0 Å². The van der Waals surface area contributed by atoms with Crippen molar-refractivity contribution in [1.82, 2.24) is 0 Å². The van der Waals surface area contributed by atoms with Crippen molar-refractivity contribution in [3.8, 4) is 5.75 Å². The van der Waals surface area contributed by atoms with Crippen molar-refractivity contribution < 1.29 is 13.1 Å². The lowest BCUT2D eigenvalue weighted by Gasteiger charge is -2.30. The number of hydrogen-bond acceptors (Lipinski definition) is 5. The van der Waals surface area contributed by atoms with E-state index in [2.05, 4.69) is 34.1 Å². The topological polar surface area (TPSA) is 42.0 Å². The first-order valence-corrected chi connectivity index (χ1v) is 10.8.